The number of sulfonamides is 1. The number of rotatable bonds is 3. The fraction of sp³-hybridized carbons (Fsp3) is 0.438. The first kappa shape index (κ1) is 17.9. The summed E-state index contributed by atoms with van der Waals surface area (Å²) >= 11 is 0. The van der Waals surface area contributed by atoms with E-state index in [-0.39, 0.29) is 17.4 Å². The van der Waals surface area contributed by atoms with Gasteiger partial charge in [0.2, 0.25) is 10.0 Å². The molecule has 0 saturated carbocycles. The Morgan fingerprint density at radius 1 is 1.24 bits per heavy atom. The van der Waals surface area contributed by atoms with E-state index in [1.54, 1.807) is 6.20 Å². The number of aryl methyl sites for hydroxylation is 1. The third-order valence-electron chi connectivity index (χ3n) is 4.48. The Bertz CT molecular complexity index is 844. The van der Waals surface area contributed by atoms with Crippen LogP contribution in [0.25, 0.3) is 0 Å². The second kappa shape index (κ2) is 6.45. The SMILES string of the molecule is Cc1cn[nH]c1C1CCCN(S(=O)(=O)c2ccc(C(F)(F)F)cc2)C1. The van der Waals surface area contributed by atoms with Gasteiger partial charge in [-0.25, -0.2) is 8.42 Å². The molecule has 2 aromatic rings. The smallest absolute Gasteiger partial charge is 0.282 e. The van der Waals surface area contributed by atoms with Gasteiger partial charge in [-0.15, -0.1) is 0 Å². The molecule has 0 aliphatic carbocycles. The van der Waals surface area contributed by atoms with E-state index in [9.17, 15) is 21.6 Å². The van der Waals surface area contributed by atoms with Gasteiger partial charge in [0.1, 0.15) is 0 Å². The first-order valence-electron chi connectivity index (χ1n) is 7.87. The molecule has 0 amide bonds. The summed E-state index contributed by atoms with van der Waals surface area (Å²) in [5, 5.41) is 6.89. The zero-order valence-electron chi connectivity index (χ0n) is 13.5. The van der Waals surface area contributed by atoms with Gasteiger partial charge in [0.25, 0.3) is 0 Å². The summed E-state index contributed by atoms with van der Waals surface area (Å²) in [6, 6.07) is 3.63. The van der Waals surface area contributed by atoms with Gasteiger partial charge in [-0.1, -0.05) is 0 Å². The zero-order valence-corrected chi connectivity index (χ0v) is 14.4. The number of hydrogen-bond donors (Lipinski definition) is 1. The highest BCUT2D eigenvalue weighted by Crippen LogP contribution is 2.33. The Balaban J connectivity index is 1.83. The summed E-state index contributed by atoms with van der Waals surface area (Å²) in [5.74, 6) is 0.000438. The molecule has 9 heteroatoms. The second-order valence-corrected chi connectivity index (χ2v) is 8.13. The van der Waals surface area contributed by atoms with Crippen LogP contribution in [0.2, 0.25) is 0 Å². The van der Waals surface area contributed by atoms with Crippen LogP contribution in [0.5, 0.6) is 0 Å². The predicted molar refractivity (Wildman–Crippen MR) is 85.5 cm³/mol. The molecule has 5 nitrogen and oxygen atoms in total. The number of H-pyrrole nitrogens is 1. The van der Waals surface area contributed by atoms with Gasteiger partial charge in [0.05, 0.1) is 16.7 Å². The fourth-order valence-electron chi connectivity index (χ4n) is 3.13. The number of nitrogens with one attached hydrogen (secondary N) is 1. The van der Waals surface area contributed by atoms with E-state index < -0.39 is 21.8 Å². The van der Waals surface area contributed by atoms with Crippen molar-refractivity contribution in [2.45, 2.75) is 36.8 Å². The average Bonchev–Trinajstić information content (AvgIpc) is 3.00. The molecule has 3 rings (SSSR count). The Labute approximate surface area is 143 Å². The van der Waals surface area contributed by atoms with Crippen molar-refractivity contribution in [1.82, 2.24) is 14.5 Å². The van der Waals surface area contributed by atoms with Crippen LogP contribution < -0.4 is 0 Å². The van der Waals surface area contributed by atoms with Crippen LogP contribution in [0, 0.1) is 6.92 Å². The van der Waals surface area contributed by atoms with Gasteiger partial charge >= 0.3 is 6.18 Å². The number of aromatic amines is 1. The van der Waals surface area contributed by atoms with Gasteiger partial charge in [-0.05, 0) is 49.6 Å². The van der Waals surface area contributed by atoms with Crippen molar-refractivity contribution in [3.63, 3.8) is 0 Å². The molecule has 1 atom stereocenters. The number of piperidine rings is 1. The molecular formula is C16H18F3N3O2S. The first-order valence-corrected chi connectivity index (χ1v) is 9.31. The Morgan fingerprint density at radius 3 is 2.48 bits per heavy atom. The van der Waals surface area contributed by atoms with Gasteiger partial charge in [-0.2, -0.15) is 22.6 Å². The van der Waals surface area contributed by atoms with Gasteiger partial charge in [0.15, 0.2) is 0 Å². The van der Waals surface area contributed by atoms with Crippen LogP contribution >= 0.6 is 0 Å². The Hall–Kier alpha value is -1.87. The maximum absolute atomic E-state index is 12.8. The van der Waals surface area contributed by atoms with Crippen LogP contribution in [0.1, 0.15) is 35.6 Å². The third-order valence-corrected chi connectivity index (χ3v) is 6.36. The molecule has 0 bridgehead atoms. The molecule has 1 aliphatic rings. The van der Waals surface area contributed by atoms with Crippen molar-refractivity contribution in [2.75, 3.05) is 13.1 Å². The van der Waals surface area contributed by atoms with E-state index in [1.807, 2.05) is 6.92 Å². The minimum absolute atomic E-state index is 0.000438. The molecule has 1 N–H and O–H groups in total. The van der Waals surface area contributed by atoms with Crippen LogP contribution in [-0.4, -0.2) is 36.0 Å². The van der Waals surface area contributed by atoms with E-state index >= 15 is 0 Å². The van der Waals surface area contributed by atoms with Gasteiger partial charge in [-0.3, -0.25) is 5.10 Å². The monoisotopic (exact) mass is 373 g/mol. The number of benzene rings is 1. The normalized spacial score (nSPS) is 19.9. The topological polar surface area (TPSA) is 66.1 Å². The molecule has 1 aromatic carbocycles. The van der Waals surface area contributed by atoms with E-state index in [2.05, 4.69) is 10.2 Å². The summed E-state index contributed by atoms with van der Waals surface area (Å²) in [6.07, 6.45) is -1.28. The molecule has 0 spiro atoms. The molecular weight excluding hydrogens is 355 g/mol. The molecule has 25 heavy (non-hydrogen) atoms. The lowest BCUT2D eigenvalue weighted by atomic mass is 9.94. The summed E-state index contributed by atoms with van der Waals surface area (Å²) in [7, 11) is -3.83. The summed E-state index contributed by atoms with van der Waals surface area (Å²) in [4.78, 5) is -0.123. The number of hydrogen-bond acceptors (Lipinski definition) is 3. The third kappa shape index (κ3) is 3.57. The van der Waals surface area contributed by atoms with E-state index in [4.69, 9.17) is 0 Å². The highest BCUT2D eigenvalue weighted by atomic mass is 32.2. The molecule has 1 aromatic heterocycles. The minimum Gasteiger partial charge on any atom is -0.282 e. The highest BCUT2D eigenvalue weighted by molar-refractivity contribution is 7.89. The first-order chi connectivity index (χ1) is 11.7. The average molecular weight is 373 g/mol. The highest BCUT2D eigenvalue weighted by Gasteiger charge is 2.34. The Morgan fingerprint density at radius 2 is 1.92 bits per heavy atom. The minimum atomic E-state index is -4.49. The molecule has 0 radical (unpaired) electrons. The van der Waals surface area contributed by atoms with Gasteiger partial charge in [0, 0.05) is 24.7 Å². The fourth-order valence-corrected chi connectivity index (χ4v) is 4.65. The maximum Gasteiger partial charge on any atom is 0.416 e. The summed E-state index contributed by atoms with van der Waals surface area (Å²) in [5.41, 5.74) is 1.02. The zero-order chi connectivity index (χ0) is 18.2. The van der Waals surface area contributed by atoms with Crippen molar-refractivity contribution in [3.05, 3.63) is 47.3 Å². The van der Waals surface area contributed by atoms with Crippen LogP contribution in [-0.2, 0) is 16.2 Å². The van der Waals surface area contributed by atoms with E-state index in [0.717, 1.165) is 41.9 Å². The molecule has 1 saturated heterocycles. The number of alkyl halides is 3. The number of halogens is 3. The van der Waals surface area contributed by atoms with Gasteiger partial charge < -0.3 is 0 Å². The van der Waals surface area contributed by atoms with Crippen LogP contribution in [0.4, 0.5) is 13.2 Å². The Kier molecular flexibility index (Phi) is 4.63. The lowest BCUT2D eigenvalue weighted by molar-refractivity contribution is -0.137. The summed E-state index contributed by atoms with van der Waals surface area (Å²) < 4.78 is 64.8. The maximum atomic E-state index is 12.8. The number of aromatic nitrogens is 2. The molecule has 136 valence electrons. The molecule has 1 fully saturated rings. The van der Waals surface area contributed by atoms with Crippen molar-refractivity contribution < 1.29 is 21.6 Å². The second-order valence-electron chi connectivity index (χ2n) is 6.19. The molecule has 1 aliphatic heterocycles. The lowest BCUT2D eigenvalue weighted by Crippen LogP contribution is -2.39. The lowest BCUT2D eigenvalue weighted by Gasteiger charge is -2.31. The van der Waals surface area contributed by atoms with E-state index in [1.165, 1.54) is 4.31 Å². The van der Waals surface area contributed by atoms with Crippen molar-refractivity contribution >= 4 is 10.0 Å². The predicted octanol–water partition coefficient (Wildman–Crippen LogP) is 3.31. The van der Waals surface area contributed by atoms with Crippen LogP contribution in [0.15, 0.2) is 35.4 Å². The van der Waals surface area contributed by atoms with Crippen molar-refractivity contribution in [3.8, 4) is 0 Å². The van der Waals surface area contributed by atoms with E-state index in [0.29, 0.717) is 13.0 Å². The molecule has 2 heterocycles. The largest absolute Gasteiger partial charge is 0.416 e. The quantitative estimate of drug-likeness (QED) is 0.898. The van der Waals surface area contributed by atoms with Crippen molar-refractivity contribution in [1.29, 1.82) is 0 Å². The number of nitrogens with zero attached hydrogens (tertiary/aromatic N) is 2. The van der Waals surface area contributed by atoms with Crippen molar-refractivity contribution in [2.24, 2.45) is 0 Å². The molecule has 1 unspecified atom stereocenters. The summed E-state index contributed by atoms with van der Waals surface area (Å²) in [6.45, 7) is 2.54. The van der Waals surface area contributed by atoms with Crippen LogP contribution in [0.3, 0.4) is 0 Å². The standard InChI is InChI=1S/C16H18F3N3O2S/c1-11-9-20-21-15(11)12-3-2-8-22(10-12)25(23,24)14-6-4-13(5-7-14)16(17,18)19/h4-7,9,12H,2-3,8,10H2,1H3,(H,20,21).